The zero-order valence-corrected chi connectivity index (χ0v) is 11.9. The summed E-state index contributed by atoms with van der Waals surface area (Å²) in [5, 5.41) is 10.1. The number of benzene rings is 1. The zero-order chi connectivity index (χ0) is 14.1. The zero-order valence-electron chi connectivity index (χ0n) is 11.9. The van der Waals surface area contributed by atoms with Crippen LogP contribution in [0.1, 0.15) is 28.2 Å². The molecule has 0 spiro atoms. The third-order valence-electron chi connectivity index (χ3n) is 3.85. The highest BCUT2D eigenvalue weighted by atomic mass is 16.3. The fraction of sp³-hybridized carbons (Fsp3) is 0.375. The van der Waals surface area contributed by atoms with E-state index in [-0.39, 0.29) is 0 Å². The maximum absolute atomic E-state index is 10.1. The van der Waals surface area contributed by atoms with E-state index < -0.39 is 0 Å². The third kappa shape index (κ3) is 2.51. The van der Waals surface area contributed by atoms with Crippen molar-refractivity contribution < 1.29 is 5.11 Å². The molecule has 1 aromatic heterocycles. The van der Waals surface area contributed by atoms with Gasteiger partial charge in [0.25, 0.3) is 0 Å². The molecule has 104 valence electrons. The Morgan fingerprint density at radius 2 is 2.15 bits per heavy atom. The fourth-order valence-electron chi connectivity index (χ4n) is 2.70. The van der Waals surface area contributed by atoms with E-state index in [1.165, 1.54) is 11.3 Å². The SMILES string of the molecule is Cc1ncc2c(n1)CCN(Cc1cccc(C)c1O)C2. The Hall–Kier alpha value is -1.94. The van der Waals surface area contributed by atoms with Crippen LogP contribution in [0.2, 0.25) is 0 Å². The van der Waals surface area contributed by atoms with E-state index in [1.54, 1.807) is 0 Å². The van der Waals surface area contributed by atoms with Gasteiger partial charge in [-0.05, 0) is 19.4 Å². The van der Waals surface area contributed by atoms with E-state index in [1.807, 2.05) is 38.2 Å². The number of phenolic OH excluding ortho intramolecular Hbond substituents is 1. The van der Waals surface area contributed by atoms with Crippen LogP contribution >= 0.6 is 0 Å². The number of nitrogens with zero attached hydrogens (tertiary/aromatic N) is 3. The molecule has 1 N–H and O–H groups in total. The molecule has 0 bridgehead atoms. The molecule has 1 aliphatic heterocycles. The van der Waals surface area contributed by atoms with Crippen molar-refractivity contribution in [2.24, 2.45) is 0 Å². The molecule has 0 radical (unpaired) electrons. The molecule has 0 saturated carbocycles. The number of hydrogen-bond acceptors (Lipinski definition) is 4. The number of fused-ring (bicyclic) bond motifs is 1. The third-order valence-corrected chi connectivity index (χ3v) is 3.85. The Kier molecular flexibility index (Phi) is 3.40. The molecule has 0 amide bonds. The molecule has 0 atom stereocenters. The molecule has 3 rings (SSSR count). The molecule has 1 aliphatic rings. The van der Waals surface area contributed by atoms with Gasteiger partial charge in [0, 0.05) is 49.1 Å². The highest BCUT2D eigenvalue weighted by molar-refractivity contribution is 5.39. The lowest BCUT2D eigenvalue weighted by atomic mass is 10.0. The van der Waals surface area contributed by atoms with Crippen LogP contribution in [0.5, 0.6) is 5.75 Å². The van der Waals surface area contributed by atoms with Crippen LogP contribution in [-0.4, -0.2) is 26.5 Å². The fourth-order valence-corrected chi connectivity index (χ4v) is 2.70. The van der Waals surface area contributed by atoms with Gasteiger partial charge in [-0.25, -0.2) is 9.97 Å². The summed E-state index contributed by atoms with van der Waals surface area (Å²) in [6.07, 6.45) is 2.88. The van der Waals surface area contributed by atoms with Gasteiger partial charge in [0.1, 0.15) is 11.6 Å². The Balaban J connectivity index is 1.77. The average Bonchev–Trinajstić information content (AvgIpc) is 2.44. The van der Waals surface area contributed by atoms with Crippen LogP contribution in [-0.2, 0) is 19.5 Å². The Morgan fingerprint density at radius 1 is 1.30 bits per heavy atom. The predicted octanol–water partition coefficient (Wildman–Crippen LogP) is 2.36. The summed E-state index contributed by atoms with van der Waals surface area (Å²) in [7, 11) is 0. The Labute approximate surface area is 119 Å². The first-order valence-corrected chi connectivity index (χ1v) is 6.94. The highest BCUT2D eigenvalue weighted by Crippen LogP contribution is 2.25. The standard InChI is InChI=1S/C16H19N3O/c1-11-4-3-5-13(16(11)20)9-19-7-6-15-14(10-19)8-17-12(2)18-15/h3-5,8,20H,6-7,9-10H2,1-2H3. The molecular weight excluding hydrogens is 250 g/mol. The van der Waals surface area contributed by atoms with Crippen molar-refractivity contribution in [1.82, 2.24) is 14.9 Å². The normalized spacial score (nSPS) is 15.1. The Bertz CT molecular complexity index is 640. The second-order valence-corrected chi connectivity index (χ2v) is 5.43. The maximum Gasteiger partial charge on any atom is 0.125 e. The van der Waals surface area contributed by atoms with Crippen LogP contribution in [0, 0.1) is 13.8 Å². The summed E-state index contributed by atoms with van der Waals surface area (Å²) < 4.78 is 0. The lowest BCUT2D eigenvalue weighted by Crippen LogP contribution is -2.31. The van der Waals surface area contributed by atoms with Crippen molar-refractivity contribution >= 4 is 0 Å². The molecule has 0 saturated heterocycles. The van der Waals surface area contributed by atoms with Gasteiger partial charge in [-0.1, -0.05) is 18.2 Å². The maximum atomic E-state index is 10.1. The van der Waals surface area contributed by atoms with Gasteiger partial charge >= 0.3 is 0 Å². The van der Waals surface area contributed by atoms with Crippen molar-refractivity contribution in [3.63, 3.8) is 0 Å². The molecule has 20 heavy (non-hydrogen) atoms. The van der Waals surface area contributed by atoms with Gasteiger partial charge in [-0.2, -0.15) is 0 Å². The van der Waals surface area contributed by atoms with Gasteiger partial charge in [0.2, 0.25) is 0 Å². The second-order valence-electron chi connectivity index (χ2n) is 5.43. The summed E-state index contributed by atoms with van der Waals surface area (Å²) in [6, 6.07) is 5.92. The summed E-state index contributed by atoms with van der Waals surface area (Å²) in [4.78, 5) is 11.1. The molecular formula is C16H19N3O. The molecule has 4 heteroatoms. The van der Waals surface area contributed by atoms with Crippen molar-refractivity contribution in [2.75, 3.05) is 6.54 Å². The van der Waals surface area contributed by atoms with Crippen molar-refractivity contribution in [3.05, 3.63) is 52.6 Å². The minimum absolute atomic E-state index is 0.415. The number of rotatable bonds is 2. The van der Waals surface area contributed by atoms with Crippen LogP contribution in [0.3, 0.4) is 0 Å². The van der Waals surface area contributed by atoms with Gasteiger partial charge < -0.3 is 5.11 Å². The summed E-state index contributed by atoms with van der Waals surface area (Å²) in [6.45, 7) is 6.44. The van der Waals surface area contributed by atoms with Gasteiger partial charge in [0.15, 0.2) is 0 Å². The molecule has 2 heterocycles. The molecule has 1 aromatic carbocycles. The first-order valence-electron chi connectivity index (χ1n) is 6.94. The Morgan fingerprint density at radius 3 is 3.00 bits per heavy atom. The number of para-hydroxylation sites is 1. The number of aromatic nitrogens is 2. The van der Waals surface area contributed by atoms with E-state index >= 15 is 0 Å². The lowest BCUT2D eigenvalue weighted by molar-refractivity contribution is 0.239. The van der Waals surface area contributed by atoms with E-state index in [0.29, 0.717) is 5.75 Å². The first-order chi connectivity index (χ1) is 9.63. The monoisotopic (exact) mass is 269 g/mol. The predicted molar refractivity (Wildman–Crippen MR) is 77.4 cm³/mol. The second kappa shape index (κ2) is 5.21. The van der Waals surface area contributed by atoms with E-state index in [4.69, 9.17) is 0 Å². The van der Waals surface area contributed by atoms with Crippen LogP contribution in [0.15, 0.2) is 24.4 Å². The van der Waals surface area contributed by atoms with E-state index in [9.17, 15) is 5.11 Å². The minimum atomic E-state index is 0.415. The van der Waals surface area contributed by atoms with Crippen LogP contribution < -0.4 is 0 Å². The number of hydrogen-bond donors (Lipinski definition) is 1. The van der Waals surface area contributed by atoms with Crippen molar-refractivity contribution in [1.29, 1.82) is 0 Å². The summed E-state index contributed by atoms with van der Waals surface area (Å²) in [5.41, 5.74) is 4.29. The van der Waals surface area contributed by atoms with Crippen molar-refractivity contribution in [3.8, 4) is 5.75 Å². The highest BCUT2D eigenvalue weighted by Gasteiger charge is 2.19. The molecule has 2 aromatic rings. The lowest BCUT2D eigenvalue weighted by Gasteiger charge is -2.28. The largest absolute Gasteiger partial charge is 0.507 e. The van der Waals surface area contributed by atoms with Gasteiger partial charge in [0.05, 0.1) is 0 Å². The summed E-state index contributed by atoms with van der Waals surface area (Å²) in [5.74, 6) is 1.26. The van der Waals surface area contributed by atoms with Crippen LogP contribution in [0.25, 0.3) is 0 Å². The van der Waals surface area contributed by atoms with Crippen molar-refractivity contribution in [2.45, 2.75) is 33.4 Å². The summed E-state index contributed by atoms with van der Waals surface area (Å²) >= 11 is 0. The number of aryl methyl sites for hydroxylation is 2. The molecule has 0 fully saturated rings. The van der Waals surface area contributed by atoms with E-state index in [2.05, 4.69) is 14.9 Å². The molecule has 0 aliphatic carbocycles. The molecule has 4 nitrogen and oxygen atoms in total. The smallest absolute Gasteiger partial charge is 0.125 e. The topological polar surface area (TPSA) is 49.2 Å². The van der Waals surface area contributed by atoms with Crippen LogP contribution in [0.4, 0.5) is 0 Å². The quantitative estimate of drug-likeness (QED) is 0.909. The first kappa shape index (κ1) is 13.1. The van der Waals surface area contributed by atoms with E-state index in [0.717, 1.165) is 43.0 Å². The average molecular weight is 269 g/mol. The number of aromatic hydroxyl groups is 1. The van der Waals surface area contributed by atoms with Gasteiger partial charge in [-0.15, -0.1) is 0 Å². The molecule has 0 unspecified atom stereocenters. The number of phenols is 1. The minimum Gasteiger partial charge on any atom is -0.507 e. The van der Waals surface area contributed by atoms with Gasteiger partial charge in [-0.3, -0.25) is 4.90 Å².